The number of para-hydroxylation sites is 2. The molecule has 3 heterocycles. The number of hydrogen-bond donors (Lipinski definition) is 4. The summed E-state index contributed by atoms with van der Waals surface area (Å²) in [6.07, 6.45) is -0.752. The monoisotopic (exact) mass is 760 g/mol. The number of fused-ring (bicyclic) bond motifs is 1. The van der Waals surface area contributed by atoms with Crippen molar-refractivity contribution >= 4 is 61.7 Å². The first-order valence-corrected chi connectivity index (χ1v) is 19.2. The third kappa shape index (κ3) is 7.79. The molecule has 278 valence electrons. The topological polar surface area (TPSA) is 197 Å². The van der Waals surface area contributed by atoms with Gasteiger partial charge in [0.25, 0.3) is 21.8 Å². The smallest absolute Gasteiger partial charge is 0.264 e. The lowest BCUT2D eigenvalue weighted by molar-refractivity contribution is -0.150. The summed E-state index contributed by atoms with van der Waals surface area (Å²) in [7, 11) is -4.40. The van der Waals surface area contributed by atoms with Crippen LogP contribution in [0.1, 0.15) is 40.5 Å². The van der Waals surface area contributed by atoms with Crippen LogP contribution in [0, 0.1) is 11.3 Å². The van der Waals surface area contributed by atoms with Gasteiger partial charge in [0.2, 0.25) is 17.7 Å². The molecular formula is C37H40N6O8S2. The zero-order chi connectivity index (χ0) is 38.3. The standard InChI is InChI=1S/C37H40N6O8S2/c1-6-22-19-37(22,35(48)42-53(49,50)25-15-13-23(14-16-25)38-21(2)44)41-32(46)28-18-24(20-43(28)34(47)31(45)36(3,4)5)51-33-30(29-12-9-17-52-29)39-26-10-7-8-11-27(26)40-33/h6-17,22,24,28,31,45H,1,18-20H2,2-5H3,(H,38,44)(H,41,46)(H,42,48)/t22-,24-,28+,31-,37-/m1/s1. The highest BCUT2D eigenvalue weighted by atomic mass is 32.2. The van der Waals surface area contributed by atoms with Gasteiger partial charge in [-0.15, -0.1) is 17.9 Å². The number of carbonyl (C=O) groups excluding carboxylic acids is 4. The maximum absolute atomic E-state index is 14.2. The van der Waals surface area contributed by atoms with Crippen LogP contribution < -0.4 is 20.1 Å². The van der Waals surface area contributed by atoms with E-state index in [4.69, 9.17) is 14.7 Å². The van der Waals surface area contributed by atoms with Gasteiger partial charge in [0.15, 0.2) is 0 Å². The van der Waals surface area contributed by atoms with Crippen molar-refractivity contribution in [3.8, 4) is 16.5 Å². The number of aliphatic hydroxyl groups is 1. The lowest BCUT2D eigenvalue weighted by Gasteiger charge is -2.32. The predicted octanol–water partition coefficient (Wildman–Crippen LogP) is 3.64. The highest BCUT2D eigenvalue weighted by Crippen LogP contribution is 2.45. The summed E-state index contributed by atoms with van der Waals surface area (Å²) >= 11 is 1.45. The van der Waals surface area contributed by atoms with Gasteiger partial charge >= 0.3 is 0 Å². The maximum atomic E-state index is 14.2. The van der Waals surface area contributed by atoms with E-state index in [9.17, 15) is 32.7 Å². The third-order valence-electron chi connectivity index (χ3n) is 9.24. The molecule has 2 fully saturated rings. The molecule has 4 amide bonds. The molecule has 16 heteroatoms. The number of nitrogens with zero attached hydrogens (tertiary/aromatic N) is 3. The molecule has 1 saturated heterocycles. The minimum atomic E-state index is -4.40. The quantitative estimate of drug-likeness (QED) is 0.164. The van der Waals surface area contributed by atoms with Gasteiger partial charge in [-0.2, -0.15) is 0 Å². The molecule has 14 nitrogen and oxygen atoms in total. The minimum absolute atomic E-state index is 0.0256. The number of thiophene rings is 1. The van der Waals surface area contributed by atoms with Crippen molar-refractivity contribution in [2.45, 2.75) is 69.2 Å². The predicted molar refractivity (Wildman–Crippen MR) is 198 cm³/mol. The average Bonchev–Trinajstić information content (AvgIpc) is 3.39. The zero-order valence-corrected chi connectivity index (χ0v) is 31.2. The molecule has 4 aromatic rings. The Balaban J connectivity index is 1.26. The van der Waals surface area contributed by atoms with E-state index < -0.39 is 62.9 Å². The Labute approximate surface area is 310 Å². The fourth-order valence-corrected chi connectivity index (χ4v) is 7.97. The summed E-state index contributed by atoms with van der Waals surface area (Å²) in [6, 6.07) is 15.1. The third-order valence-corrected chi connectivity index (χ3v) is 11.5. The minimum Gasteiger partial charge on any atom is -0.471 e. The number of anilines is 1. The summed E-state index contributed by atoms with van der Waals surface area (Å²) in [5.74, 6) is -3.15. The second kappa shape index (κ2) is 14.3. The van der Waals surface area contributed by atoms with Gasteiger partial charge in [0, 0.05) is 24.9 Å². The first-order chi connectivity index (χ1) is 25.0. The highest BCUT2D eigenvalue weighted by molar-refractivity contribution is 7.90. The van der Waals surface area contributed by atoms with E-state index >= 15 is 0 Å². The molecule has 0 bridgehead atoms. The molecule has 0 spiro atoms. The van der Waals surface area contributed by atoms with Crippen LogP contribution in [-0.2, 0) is 29.2 Å². The molecule has 2 aromatic carbocycles. The molecule has 2 aromatic heterocycles. The van der Waals surface area contributed by atoms with E-state index in [0.717, 1.165) is 4.88 Å². The molecule has 53 heavy (non-hydrogen) atoms. The maximum Gasteiger partial charge on any atom is 0.264 e. The molecule has 1 saturated carbocycles. The van der Waals surface area contributed by atoms with E-state index in [2.05, 4.69) is 21.9 Å². The first-order valence-electron chi connectivity index (χ1n) is 16.9. The number of aromatic nitrogens is 2. The average molecular weight is 761 g/mol. The van der Waals surface area contributed by atoms with Gasteiger partial charge in [-0.05, 0) is 59.7 Å². The van der Waals surface area contributed by atoms with Crippen molar-refractivity contribution in [3.63, 3.8) is 0 Å². The first kappa shape index (κ1) is 37.6. The fraction of sp³-hybridized carbons (Fsp3) is 0.351. The second-order valence-corrected chi connectivity index (χ2v) is 16.9. The van der Waals surface area contributed by atoms with Crippen molar-refractivity contribution in [1.29, 1.82) is 0 Å². The Bertz CT molecular complexity index is 2190. The van der Waals surface area contributed by atoms with Gasteiger partial charge in [-0.25, -0.2) is 23.1 Å². The number of rotatable bonds is 11. The number of aliphatic hydroxyl groups excluding tert-OH is 1. The van der Waals surface area contributed by atoms with Gasteiger partial charge < -0.3 is 25.4 Å². The molecule has 4 N–H and O–H groups in total. The van der Waals surface area contributed by atoms with Crippen molar-refractivity contribution in [1.82, 2.24) is 24.9 Å². The number of ether oxygens (including phenoxy) is 1. The summed E-state index contributed by atoms with van der Waals surface area (Å²) in [4.78, 5) is 64.4. The Morgan fingerprint density at radius 3 is 2.32 bits per heavy atom. The van der Waals surface area contributed by atoms with Crippen LogP contribution in [0.25, 0.3) is 21.6 Å². The summed E-state index contributed by atoms with van der Waals surface area (Å²) in [5, 5.41) is 18.2. The lowest BCUT2D eigenvalue weighted by atomic mass is 9.88. The van der Waals surface area contributed by atoms with Crippen LogP contribution in [0.3, 0.4) is 0 Å². The molecule has 0 radical (unpaired) electrons. The van der Waals surface area contributed by atoms with E-state index in [1.165, 1.54) is 53.5 Å². The normalized spacial score (nSPS) is 21.8. The molecule has 1 aliphatic heterocycles. The van der Waals surface area contributed by atoms with Gasteiger partial charge in [-0.3, -0.25) is 19.2 Å². The zero-order valence-electron chi connectivity index (χ0n) is 29.5. The van der Waals surface area contributed by atoms with E-state index in [0.29, 0.717) is 22.4 Å². The Hall–Kier alpha value is -5.19. The van der Waals surface area contributed by atoms with Gasteiger partial charge in [0.05, 0.1) is 27.4 Å². The molecule has 0 unspecified atom stereocenters. The Morgan fingerprint density at radius 1 is 1.06 bits per heavy atom. The number of nitrogens with one attached hydrogen (secondary N) is 3. The molecule has 2 aliphatic rings. The number of benzene rings is 2. The summed E-state index contributed by atoms with van der Waals surface area (Å²) < 4.78 is 35.0. The Kier molecular flexibility index (Phi) is 10.2. The van der Waals surface area contributed by atoms with E-state index in [1.54, 1.807) is 26.8 Å². The SMILES string of the molecule is C=C[C@@H]1C[C@]1(NC(=O)[C@@H]1C[C@@H](Oc2nc3ccccc3nc2-c2cccs2)CN1C(=O)[C@@H](O)C(C)(C)C)C(=O)NS(=O)(=O)c1ccc(NC(C)=O)cc1. The number of carbonyl (C=O) groups is 4. The largest absolute Gasteiger partial charge is 0.471 e. The van der Waals surface area contributed by atoms with Crippen LogP contribution in [0.5, 0.6) is 5.88 Å². The van der Waals surface area contributed by atoms with Crippen molar-refractivity contribution in [3.05, 3.63) is 78.7 Å². The van der Waals surface area contributed by atoms with Crippen molar-refractivity contribution < 1.29 is 37.4 Å². The Morgan fingerprint density at radius 2 is 1.74 bits per heavy atom. The van der Waals surface area contributed by atoms with Crippen LogP contribution in [0.4, 0.5) is 5.69 Å². The molecule has 5 atom stereocenters. The highest BCUT2D eigenvalue weighted by Gasteiger charge is 2.61. The van der Waals surface area contributed by atoms with E-state index in [-0.39, 0.29) is 36.1 Å². The van der Waals surface area contributed by atoms with Crippen molar-refractivity contribution in [2.24, 2.45) is 11.3 Å². The van der Waals surface area contributed by atoms with Crippen LogP contribution in [0.15, 0.2) is 83.6 Å². The summed E-state index contributed by atoms with van der Waals surface area (Å²) in [5.41, 5.74) is -0.437. The second-order valence-electron chi connectivity index (χ2n) is 14.2. The fourth-order valence-electron chi connectivity index (χ4n) is 6.23. The van der Waals surface area contributed by atoms with Crippen LogP contribution in [0.2, 0.25) is 0 Å². The number of likely N-dealkylation sites (tertiary alicyclic amines) is 1. The molecular weight excluding hydrogens is 721 g/mol. The van der Waals surface area contributed by atoms with Crippen molar-refractivity contribution in [2.75, 3.05) is 11.9 Å². The van der Waals surface area contributed by atoms with Crippen LogP contribution >= 0.6 is 11.3 Å². The number of amides is 4. The number of sulfonamides is 1. The lowest BCUT2D eigenvalue weighted by Crippen LogP contribution is -2.57. The van der Waals surface area contributed by atoms with Crippen LogP contribution in [-0.4, -0.2) is 82.4 Å². The van der Waals surface area contributed by atoms with Gasteiger partial charge in [0.1, 0.15) is 29.5 Å². The molecule has 6 rings (SSSR count). The van der Waals surface area contributed by atoms with E-state index in [1.807, 2.05) is 35.7 Å². The van der Waals surface area contributed by atoms with Gasteiger partial charge in [-0.1, -0.05) is 45.0 Å². The molecule has 1 aliphatic carbocycles. The number of hydrogen-bond acceptors (Lipinski definition) is 11. The summed E-state index contributed by atoms with van der Waals surface area (Å²) in [6.45, 7) is 10.1.